The zero-order chi connectivity index (χ0) is 7.47. The van der Waals surface area contributed by atoms with E-state index >= 15 is 0 Å². The van der Waals surface area contributed by atoms with Crippen LogP contribution in [0.3, 0.4) is 0 Å². The van der Waals surface area contributed by atoms with Crippen molar-refractivity contribution in [2.24, 2.45) is 17.3 Å². The van der Waals surface area contributed by atoms with Crippen LogP contribution in [0.4, 0.5) is 0 Å². The van der Waals surface area contributed by atoms with Crippen molar-refractivity contribution < 1.29 is 5.11 Å². The van der Waals surface area contributed by atoms with Crippen LogP contribution in [0.5, 0.6) is 0 Å². The molecule has 3 aliphatic carbocycles. The van der Waals surface area contributed by atoms with Crippen LogP contribution in [0.15, 0.2) is 0 Å². The summed E-state index contributed by atoms with van der Waals surface area (Å²) in [5, 5.41) is 9.72. The Labute approximate surface area is 67.8 Å². The van der Waals surface area contributed by atoms with Crippen LogP contribution >= 0.6 is 0 Å². The maximum Gasteiger partial charge on any atom is 0.0576 e. The Hall–Kier alpha value is -0.0400. The van der Waals surface area contributed by atoms with Gasteiger partial charge in [0.1, 0.15) is 0 Å². The summed E-state index contributed by atoms with van der Waals surface area (Å²) in [5.74, 6) is 1.63. The number of aliphatic hydroxyl groups is 1. The van der Waals surface area contributed by atoms with Gasteiger partial charge in [0.05, 0.1) is 6.10 Å². The van der Waals surface area contributed by atoms with Crippen LogP contribution in [0, 0.1) is 17.3 Å². The second-order valence-electron chi connectivity index (χ2n) is 4.84. The van der Waals surface area contributed by atoms with Gasteiger partial charge in [0.25, 0.3) is 0 Å². The standard InChI is InChI=1S/C10H16O/c11-9-6-10-4-1-2-8(10)7(9)3-5-10/h7-9,11H,1-6H2. The topological polar surface area (TPSA) is 20.2 Å². The van der Waals surface area contributed by atoms with Gasteiger partial charge in [-0.3, -0.25) is 0 Å². The second kappa shape index (κ2) is 1.82. The predicted molar refractivity (Wildman–Crippen MR) is 43.1 cm³/mol. The maximum atomic E-state index is 9.72. The molecule has 3 fully saturated rings. The monoisotopic (exact) mass is 152 g/mol. The molecule has 0 heterocycles. The molecule has 3 rings (SSSR count). The van der Waals surface area contributed by atoms with E-state index in [0.29, 0.717) is 11.3 Å². The maximum absolute atomic E-state index is 9.72. The quantitative estimate of drug-likeness (QED) is 0.562. The van der Waals surface area contributed by atoms with Crippen molar-refractivity contribution in [2.45, 2.75) is 44.6 Å². The summed E-state index contributed by atoms with van der Waals surface area (Å²) in [6.45, 7) is 0. The van der Waals surface area contributed by atoms with E-state index in [2.05, 4.69) is 0 Å². The third-order valence-electron chi connectivity index (χ3n) is 4.58. The zero-order valence-electron chi connectivity index (χ0n) is 6.92. The Kier molecular flexibility index (Phi) is 1.07. The van der Waals surface area contributed by atoms with Gasteiger partial charge in [-0.1, -0.05) is 6.42 Å². The molecule has 0 aliphatic heterocycles. The third-order valence-corrected chi connectivity index (χ3v) is 4.58. The van der Waals surface area contributed by atoms with E-state index in [1.54, 1.807) is 0 Å². The first kappa shape index (κ1) is 6.47. The molecule has 0 aromatic rings. The first-order chi connectivity index (χ1) is 5.32. The normalized spacial score (nSPS) is 60.3. The van der Waals surface area contributed by atoms with Gasteiger partial charge >= 0.3 is 0 Å². The lowest BCUT2D eigenvalue weighted by Gasteiger charge is -2.26. The number of rotatable bonds is 0. The largest absolute Gasteiger partial charge is 0.393 e. The Morgan fingerprint density at radius 3 is 2.82 bits per heavy atom. The first-order valence-corrected chi connectivity index (χ1v) is 5.00. The van der Waals surface area contributed by atoms with Gasteiger partial charge in [0, 0.05) is 0 Å². The average Bonchev–Trinajstić information content (AvgIpc) is 2.48. The summed E-state index contributed by atoms with van der Waals surface area (Å²) in [5.41, 5.74) is 0.643. The lowest BCUT2D eigenvalue weighted by atomic mass is 9.80. The summed E-state index contributed by atoms with van der Waals surface area (Å²) in [6, 6.07) is 0. The first-order valence-electron chi connectivity index (χ1n) is 5.00. The highest BCUT2D eigenvalue weighted by molar-refractivity contribution is 5.09. The van der Waals surface area contributed by atoms with Gasteiger partial charge < -0.3 is 5.11 Å². The van der Waals surface area contributed by atoms with Gasteiger partial charge in [-0.05, 0) is 49.4 Å². The molecule has 1 nitrogen and oxygen atoms in total. The van der Waals surface area contributed by atoms with E-state index in [-0.39, 0.29) is 6.10 Å². The molecule has 0 aromatic carbocycles. The van der Waals surface area contributed by atoms with Crippen LogP contribution in [0.2, 0.25) is 0 Å². The molecule has 4 atom stereocenters. The van der Waals surface area contributed by atoms with E-state index in [1.165, 1.54) is 32.1 Å². The van der Waals surface area contributed by atoms with Crippen molar-refractivity contribution in [3.05, 3.63) is 0 Å². The molecule has 62 valence electrons. The fourth-order valence-corrected chi connectivity index (χ4v) is 4.18. The molecule has 1 N–H and O–H groups in total. The minimum absolute atomic E-state index is 0.0778. The fraction of sp³-hybridized carbons (Fsp3) is 1.00. The molecule has 2 bridgehead atoms. The Balaban J connectivity index is 2.00. The van der Waals surface area contributed by atoms with Crippen LogP contribution < -0.4 is 0 Å². The van der Waals surface area contributed by atoms with Crippen LogP contribution in [-0.4, -0.2) is 11.2 Å². The van der Waals surface area contributed by atoms with Crippen LogP contribution in [-0.2, 0) is 0 Å². The van der Waals surface area contributed by atoms with Gasteiger partial charge in [0.2, 0.25) is 0 Å². The third kappa shape index (κ3) is 0.618. The minimum Gasteiger partial charge on any atom is -0.393 e. The molecular weight excluding hydrogens is 136 g/mol. The van der Waals surface area contributed by atoms with Crippen LogP contribution in [0.1, 0.15) is 38.5 Å². The summed E-state index contributed by atoms with van der Waals surface area (Å²) in [4.78, 5) is 0. The molecule has 11 heavy (non-hydrogen) atoms. The summed E-state index contributed by atoms with van der Waals surface area (Å²) in [7, 11) is 0. The highest BCUT2D eigenvalue weighted by Crippen LogP contribution is 2.65. The zero-order valence-corrected chi connectivity index (χ0v) is 6.92. The molecule has 0 amide bonds. The molecular formula is C10H16O. The predicted octanol–water partition coefficient (Wildman–Crippen LogP) is 1.95. The van der Waals surface area contributed by atoms with Gasteiger partial charge in [-0.25, -0.2) is 0 Å². The highest BCUT2D eigenvalue weighted by Gasteiger charge is 2.59. The average molecular weight is 152 g/mol. The van der Waals surface area contributed by atoms with Crippen molar-refractivity contribution >= 4 is 0 Å². The second-order valence-corrected chi connectivity index (χ2v) is 4.84. The Morgan fingerprint density at radius 2 is 2.09 bits per heavy atom. The Bertz CT molecular complexity index is 185. The molecule has 3 aliphatic rings. The van der Waals surface area contributed by atoms with E-state index in [4.69, 9.17) is 0 Å². The number of hydrogen-bond acceptors (Lipinski definition) is 1. The van der Waals surface area contributed by atoms with E-state index in [9.17, 15) is 5.11 Å². The summed E-state index contributed by atoms with van der Waals surface area (Å²) >= 11 is 0. The fourth-order valence-electron chi connectivity index (χ4n) is 4.18. The summed E-state index contributed by atoms with van der Waals surface area (Å²) < 4.78 is 0. The van der Waals surface area contributed by atoms with Crippen molar-refractivity contribution in [1.82, 2.24) is 0 Å². The van der Waals surface area contributed by atoms with E-state index < -0.39 is 0 Å². The van der Waals surface area contributed by atoms with Crippen molar-refractivity contribution in [3.63, 3.8) is 0 Å². The van der Waals surface area contributed by atoms with Crippen molar-refractivity contribution in [1.29, 1.82) is 0 Å². The molecule has 0 spiro atoms. The van der Waals surface area contributed by atoms with E-state index in [1.807, 2.05) is 0 Å². The van der Waals surface area contributed by atoms with Gasteiger partial charge in [-0.15, -0.1) is 0 Å². The van der Waals surface area contributed by atoms with Gasteiger partial charge in [-0.2, -0.15) is 0 Å². The molecule has 1 heteroatoms. The summed E-state index contributed by atoms with van der Waals surface area (Å²) in [6.07, 6.45) is 8.25. The highest BCUT2D eigenvalue weighted by atomic mass is 16.3. The number of aliphatic hydroxyl groups excluding tert-OH is 1. The SMILES string of the molecule is OC1CC23CCCC2C1CC3. The lowest BCUT2D eigenvalue weighted by molar-refractivity contribution is 0.0902. The molecule has 0 aromatic heterocycles. The lowest BCUT2D eigenvalue weighted by Crippen LogP contribution is -2.20. The molecule has 3 saturated carbocycles. The molecule has 0 radical (unpaired) electrons. The molecule has 4 unspecified atom stereocenters. The number of hydrogen-bond donors (Lipinski definition) is 1. The smallest absolute Gasteiger partial charge is 0.0576 e. The van der Waals surface area contributed by atoms with Crippen molar-refractivity contribution in [2.75, 3.05) is 0 Å². The van der Waals surface area contributed by atoms with Crippen LogP contribution in [0.25, 0.3) is 0 Å². The van der Waals surface area contributed by atoms with Gasteiger partial charge in [0.15, 0.2) is 0 Å². The Morgan fingerprint density at radius 1 is 1.18 bits per heavy atom. The molecule has 0 saturated heterocycles. The van der Waals surface area contributed by atoms with E-state index in [0.717, 1.165) is 12.3 Å². The minimum atomic E-state index is 0.0778. The van der Waals surface area contributed by atoms with Crippen molar-refractivity contribution in [3.8, 4) is 0 Å².